The molecule has 0 fully saturated rings. The van der Waals surface area contributed by atoms with Crippen molar-refractivity contribution in [1.82, 2.24) is 5.32 Å². The average Bonchev–Trinajstić information content (AvgIpc) is 2.58. The molecule has 0 rings (SSSR count). The van der Waals surface area contributed by atoms with Crippen molar-refractivity contribution in [3.63, 3.8) is 0 Å². The third kappa shape index (κ3) is 13.4. The number of hydrogen-bond acceptors (Lipinski definition) is 1. The Morgan fingerprint density at radius 3 is 1.30 bits per heavy atom. The fraction of sp³-hybridized carbons (Fsp3) is 1.00. The van der Waals surface area contributed by atoms with Gasteiger partial charge in [-0.3, -0.25) is 0 Å². The Morgan fingerprint density at radius 1 is 0.478 bits per heavy atom. The van der Waals surface area contributed by atoms with Gasteiger partial charge >= 0.3 is 0 Å². The number of unbranched alkanes of at least 4 members (excludes halogenated alkanes) is 6. The van der Waals surface area contributed by atoms with Crippen molar-refractivity contribution in [2.24, 2.45) is 0 Å². The van der Waals surface area contributed by atoms with Crippen molar-refractivity contribution in [2.75, 3.05) is 37.7 Å². The van der Waals surface area contributed by atoms with Crippen LogP contribution in [0.1, 0.15) is 98.3 Å². The van der Waals surface area contributed by atoms with Crippen LogP contribution in [0.3, 0.4) is 0 Å². The van der Waals surface area contributed by atoms with Crippen LogP contribution in [0.4, 0.5) is 0 Å². The lowest BCUT2D eigenvalue weighted by molar-refractivity contribution is 0.595. The van der Waals surface area contributed by atoms with Gasteiger partial charge in [0.2, 0.25) is 0 Å². The van der Waals surface area contributed by atoms with E-state index in [1.54, 1.807) is 24.6 Å². The summed E-state index contributed by atoms with van der Waals surface area (Å²) in [6, 6.07) is 0. The SMILES string of the molecule is CCCCCNCCCC[P+](CCCC)(CCCC)CCCC. The Balaban J connectivity index is 4.14. The second-order valence-corrected chi connectivity index (χ2v) is 11.9. The van der Waals surface area contributed by atoms with E-state index in [0.717, 1.165) is 0 Å². The van der Waals surface area contributed by atoms with Gasteiger partial charge in [0.15, 0.2) is 0 Å². The van der Waals surface area contributed by atoms with Gasteiger partial charge in [0.1, 0.15) is 0 Å². The highest BCUT2D eigenvalue weighted by molar-refractivity contribution is 7.75. The van der Waals surface area contributed by atoms with Crippen LogP contribution < -0.4 is 5.32 Å². The standard InChI is InChI=1S/C21H47NP/c1-5-9-13-16-22-17-14-15-21-23(18-10-6-2,19-11-7-3)20-12-8-4/h22H,5-21H2,1-4H3/q+1. The molecule has 0 aromatic heterocycles. The maximum absolute atomic E-state index is 3.65. The predicted molar refractivity (Wildman–Crippen MR) is 113 cm³/mol. The summed E-state index contributed by atoms with van der Waals surface area (Å²) in [5.41, 5.74) is 0. The molecule has 0 atom stereocenters. The molecule has 0 amide bonds. The van der Waals surface area contributed by atoms with Crippen molar-refractivity contribution in [1.29, 1.82) is 0 Å². The van der Waals surface area contributed by atoms with E-state index in [-0.39, 0.29) is 0 Å². The quantitative estimate of drug-likeness (QED) is 0.209. The molecular formula is C21H47NP+. The van der Waals surface area contributed by atoms with Crippen molar-refractivity contribution in [2.45, 2.75) is 98.3 Å². The summed E-state index contributed by atoms with van der Waals surface area (Å²) in [6.07, 6.45) is 21.9. The van der Waals surface area contributed by atoms with E-state index in [9.17, 15) is 0 Å². The van der Waals surface area contributed by atoms with Gasteiger partial charge < -0.3 is 5.32 Å². The summed E-state index contributed by atoms with van der Waals surface area (Å²) in [5.74, 6) is 0. The van der Waals surface area contributed by atoms with Crippen LogP contribution in [0.15, 0.2) is 0 Å². The zero-order valence-electron chi connectivity index (χ0n) is 17.0. The van der Waals surface area contributed by atoms with E-state index in [1.807, 2.05) is 0 Å². The summed E-state index contributed by atoms with van der Waals surface area (Å²) in [5, 5.41) is 3.65. The van der Waals surface area contributed by atoms with Gasteiger partial charge in [0.25, 0.3) is 0 Å². The summed E-state index contributed by atoms with van der Waals surface area (Å²) in [7, 11) is -0.640. The minimum absolute atomic E-state index is 0.640. The Kier molecular flexibility index (Phi) is 17.5. The Bertz CT molecular complexity index is 208. The van der Waals surface area contributed by atoms with Crippen LogP contribution in [-0.4, -0.2) is 37.7 Å². The first-order chi connectivity index (χ1) is 11.2. The van der Waals surface area contributed by atoms with Gasteiger partial charge in [-0.25, -0.2) is 0 Å². The van der Waals surface area contributed by atoms with E-state index in [1.165, 1.54) is 83.7 Å². The lowest BCUT2D eigenvalue weighted by Gasteiger charge is -2.28. The average molecular weight is 345 g/mol. The number of rotatable bonds is 18. The molecule has 0 heterocycles. The lowest BCUT2D eigenvalue weighted by atomic mass is 10.2. The first-order valence-corrected chi connectivity index (χ1v) is 13.3. The second-order valence-electron chi connectivity index (χ2n) is 7.46. The molecule has 0 aromatic carbocycles. The molecule has 0 radical (unpaired) electrons. The van der Waals surface area contributed by atoms with E-state index >= 15 is 0 Å². The van der Waals surface area contributed by atoms with Crippen LogP contribution in [0.2, 0.25) is 0 Å². The minimum Gasteiger partial charge on any atom is -0.317 e. The molecular weight excluding hydrogens is 297 g/mol. The van der Waals surface area contributed by atoms with Crippen molar-refractivity contribution >= 4 is 7.26 Å². The van der Waals surface area contributed by atoms with Crippen LogP contribution in [0, 0.1) is 0 Å². The molecule has 2 heteroatoms. The van der Waals surface area contributed by atoms with Crippen molar-refractivity contribution < 1.29 is 0 Å². The van der Waals surface area contributed by atoms with Crippen molar-refractivity contribution in [3.05, 3.63) is 0 Å². The van der Waals surface area contributed by atoms with Gasteiger partial charge in [-0.15, -0.1) is 0 Å². The van der Waals surface area contributed by atoms with Crippen LogP contribution in [-0.2, 0) is 0 Å². The Morgan fingerprint density at radius 2 is 0.870 bits per heavy atom. The summed E-state index contributed by atoms with van der Waals surface area (Å²) in [6.45, 7) is 11.9. The highest BCUT2D eigenvalue weighted by Crippen LogP contribution is 2.61. The molecule has 0 aliphatic carbocycles. The molecule has 1 N–H and O–H groups in total. The van der Waals surface area contributed by atoms with E-state index in [2.05, 4.69) is 33.0 Å². The number of hydrogen-bond donors (Lipinski definition) is 1. The molecule has 23 heavy (non-hydrogen) atoms. The first kappa shape index (κ1) is 23.4. The van der Waals surface area contributed by atoms with Gasteiger partial charge in [-0.2, -0.15) is 0 Å². The van der Waals surface area contributed by atoms with Crippen LogP contribution in [0.5, 0.6) is 0 Å². The molecule has 0 unspecified atom stereocenters. The van der Waals surface area contributed by atoms with E-state index in [4.69, 9.17) is 0 Å². The zero-order chi connectivity index (χ0) is 17.2. The third-order valence-corrected chi connectivity index (χ3v) is 10.2. The molecule has 0 spiro atoms. The smallest absolute Gasteiger partial charge is 0.0594 e. The zero-order valence-corrected chi connectivity index (χ0v) is 17.9. The highest BCUT2D eigenvalue weighted by atomic mass is 31.2. The van der Waals surface area contributed by atoms with Crippen LogP contribution in [0.25, 0.3) is 0 Å². The predicted octanol–water partition coefficient (Wildman–Crippen LogP) is 6.96. The molecule has 0 aliphatic heterocycles. The van der Waals surface area contributed by atoms with Gasteiger partial charge in [-0.1, -0.05) is 59.8 Å². The fourth-order valence-electron chi connectivity index (χ4n) is 3.47. The van der Waals surface area contributed by atoms with Gasteiger partial charge in [0, 0.05) is 7.26 Å². The lowest BCUT2D eigenvalue weighted by Crippen LogP contribution is -2.18. The first-order valence-electron chi connectivity index (χ1n) is 10.8. The second kappa shape index (κ2) is 17.2. The maximum atomic E-state index is 3.65. The Hall–Kier alpha value is 0.390. The summed E-state index contributed by atoms with van der Waals surface area (Å²) >= 11 is 0. The minimum atomic E-state index is -0.640. The van der Waals surface area contributed by atoms with Crippen LogP contribution >= 0.6 is 7.26 Å². The van der Waals surface area contributed by atoms with E-state index < -0.39 is 7.26 Å². The molecule has 0 bridgehead atoms. The third-order valence-electron chi connectivity index (χ3n) is 5.15. The Labute approximate surface area is 149 Å². The van der Waals surface area contributed by atoms with Gasteiger partial charge in [0.05, 0.1) is 24.6 Å². The normalized spacial score (nSPS) is 12.0. The summed E-state index contributed by atoms with van der Waals surface area (Å²) < 4.78 is 0. The molecule has 0 saturated heterocycles. The highest BCUT2D eigenvalue weighted by Gasteiger charge is 2.34. The topological polar surface area (TPSA) is 12.0 Å². The largest absolute Gasteiger partial charge is 0.317 e. The molecule has 0 aromatic rings. The molecule has 0 saturated carbocycles. The van der Waals surface area contributed by atoms with Gasteiger partial charge in [-0.05, 0) is 51.6 Å². The summed E-state index contributed by atoms with van der Waals surface area (Å²) in [4.78, 5) is 0. The monoisotopic (exact) mass is 344 g/mol. The fourth-order valence-corrected chi connectivity index (χ4v) is 8.67. The molecule has 140 valence electrons. The van der Waals surface area contributed by atoms with Crippen molar-refractivity contribution in [3.8, 4) is 0 Å². The molecule has 0 aliphatic rings. The maximum Gasteiger partial charge on any atom is 0.0594 e. The molecule has 1 nitrogen and oxygen atoms in total. The number of nitrogens with one attached hydrogen (secondary N) is 1. The van der Waals surface area contributed by atoms with E-state index in [0.29, 0.717) is 0 Å².